The Kier molecular flexibility index (Phi) is 4.69. The monoisotopic (exact) mass is 330 g/mol. The predicted molar refractivity (Wildman–Crippen MR) is 58.9 cm³/mol. The highest BCUT2D eigenvalue weighted by molar-refractivity contribution is 9.24. The van der Waals surface area contributed by atoms with Gasteiger partial charge >= 0.3 is 0 Å². The second-order valence-electron chi connectivity index (χ2n) is 2.25. The Morgan fingerprint density at radius 2 is 1.62 bits per heavy atom. The lowest BCUT2D eigenvalue weighted by atomic mass is 10.2. The maximum atomic E-state index is 11.9. The normalized spacial score (nSPS) is 11.2. The molecule has 0 unspecified atom stereocenters. The van der Waals surface area contributed by atoms with Crippen molar-refractivity contribution in [1.82, 2.24) is 0 Å². The van der Waals surface area contributed by atoms with Gasteiger partial charge in [0.05, 0.1) is 3.74 Å². The average molecular weight is 332 g/mol. The minimum atomic E-state index is -2.35. The Labute approximate surface area is 96.4 Å². The molecule has 0 amide bonds. The van der Waals surface area contributed by atoms with Gasteiger partial charge in [-0.3, -0.25) is 0 Å². The summed E-state index contributed by atoms with van der Waals surface area (Å²) in [5.74, 6) is -2.35. The molecule has 0 aliphatic heterocycles. The van der Waals surface area contributed by atoms with Crippen molar-refractivity contribution in [1.29, 1.82) is 0 Å². The second kappa shape index (κ2) is 5.32. The minimum absolute atomic E-state index is 0.0746. The Hall–Kier alpha value is 0.390. The number of hydrogen-bond acceptors (Lipinski definition) is 1. The smallest absolute Gasteiger partial charge is 0.198 e. The Bertz CT molecular complexity index is 261. The Balaban J connectivity index is 2.70. The molecule has 72 valence electrons. The van der Waals surface area contributed by atoms with Gasteiger partial charge in [0.2, 0.25) is 0 Å². The highest BCUT2D eigenvalue weighted by Crippen LogP contribution is 2.31. The third-order valence-corrected chi connectivity index (χ3v) is 3.14. The molecule has 0 nitrogen and oxygen atoms in total. The summed E-state index contributed by atoms with van der Waals surface area (Å²) >= 11 is 7.19. The molecule has 0 bridgehead atoms. The molecule has 0 atom stereocenters. The first-order valence-corrected chi connectivity index (χ1v) is 6.13. The number of halogens is 4. The van der Waals surface area contributed by atoms with Crippen molar-refractivity contribution in [2.24, 2.45) is 0 Å². The van der Waals surface area contributed by atoms with Gasteiger partial charge in [-0.15, -0.1) is 0 Å². The molecule has 0 fully saturated rings. The zero-order valence-electron chi connectivity index (χ0n) is 6.38. The number of rotatable bonds is 3. The topological polar surface area (TPSA) is 0 Å². The summed E-state index contributed by atoms with van der Waals surface area (Å²) in [6.45, 7) is 0. The highest BCUT2D eigenvalue weighted by atomic mass is 79.9. The van der Waals surface area contributed by atoms with Crippen LogP contribution >= 0.6 is 43.6 Å². The van der Waals surface area contributed by atoms with Gasteiger partial charge < -0.3 is 0 Å². The van der Waals surface area contributed by atoms with E-state index in [1.54, 1.807) is 24.3 Å². The van der Waals surface area contributed by atoms with Crippen LogP contribution < -0.4 is 0 Å². The van der Waals surface area contributed by atoms with Crippen molar-refractivity contribution >= 4 is 43.6 Å². The summed E-state index contributed by atoms with van der Waals surface area (Å²) in [6.07, 6.45) is 0. The van der Waals surface area contributed by atoms with Crippen LogP contribution in [0.1, 0.15) is 9.30 Å². The molecule has 0 N–H and O–H groups in total. The molecule has 0 saturated heterocycles. The lowest BCUT2D eigenvalue weighted by Crippen LogP contribution is -1.83. The molecule has 1 rings (SSSR count). The van der Waals surface area contributed by atoms with E-state index in [2.05, 4.69) is 31.9 Å². The first-order chi connectivity index (χ1) is 6.09. The molecular weight excluding hydrogens is 326 g/mol. The van der Waals surface area contributed by atoms with Crippen molar-refractivity contribution in [3.05, 3.63) is 29.8 Å². The van der Waals surface area contributed by atoms with Gasteiger partial charge in [0.25, 0.3) is 5.76 Å². The highest BCUT2D eigenvalue weighted by Gasteiger charge is 2.06. The maximum Gasteiger partial charge on any atom is 0.288 e. The fourth-order valence-corrected chi connectivity index (χ4v) is 1.90. The number of thioether (sulfide) groups is 1. The fourth-order valence-electron chi connectivity index (χ4n) is 0.795. The van der Waals surface area contributed by atoms with Crippen LogP contribution in [-0.2, 0) is 0 Å². The second-order valence-corrected chi connectivity index (χ2v) is 6.37. The molecule has 0 radical (unpaired) electrons. The van der Waals surface area contributed by atoms with E-state index in [0.29, 0.717) is 16.7 Å². The first kappa shape index (κ1) is 11.5. The van der Waals surface area contributed by atoms with E-state index in [9.17, 15) is 8.78 Å². The lowest BCUT2D eigenvalue weighted by Gasteiger charge is -2.03. The summed E-state index contributed by atoms with van der Waals surface area (Å²) in [5.41, 5.74) is 1.01. The van der Waals surface area contributed by atoms with Crippen LogP contribution in [0.5, 0.6) is 0 Å². The van der Waals surface area contributed by atoms with Crippen LogP contribution in [0.4, 0.5) is 8.78 Å². The predicted octanol–water partition coefficient (Wildman–Crippen LogP) is 4.79. The zero-order chi connectivity index (χ0) is 9.84. The van der Waals surface area contributed by atoms with E-state index in [4.69, 9.17) is 0 Å². The molecule has 13 heavy (non-hydrogen) atoms. The van der Waals surface area contributed by atoms with Crippen LogP contribution in [-0.4, -0.2) is 5.76 Å². The lowest BCUT2D eigenvalue weighted by molar-refractivity contribution is 0.252. The standard InChI is InChI=1S/C8H6Br2F2S/c9-7(10)5-1-3-6(4-2-5)13-8(11)12/h1-4,7-8H. The largest absolute Gasteiger partial charge is 0.288 e. The van der Waals surface area contributed by atoms with E-state index in [0.717, 1.165) is 5.56 Å². The van der Waals surface area contributed by atoms with Crippen molar-refractivity contribution in [3.8, 4) is 0 Å². The summed E-state index contributed by atoms with van der Waals surface area (Å²) in [6, 6.07) is 6.97. The summed E-state index contributed by atoms with van der Waals surface area (Å²) in [4.78, 5) is 0.583. The Morgan fingerprint density at radius 3 is 2.00 bits per heavy atom. The van der Waals surface area contributed by atoms with E-state index in [1.807, 2.05) is 0 Å². The third-order valence-electron chi connectivity index (χ3n) is 1.36. The maximum absolute atomic E-state index is 11.9. The van der Waals surface area contributed by atoms with Crippen molar-refractivity contribution in [3.63, 3.8) is 0 Å². The number of hydrogen-bond donors (Lipinski definition) is 0. The SMILES string of the molecule is FC(F)Sc1ccc(C(Br)Br)cc1. The van der Waals surface area contributed by atoms with Gasteiger partial charge in [0, 0.05) is 4.90 Å². The zero-order valence-corrected chi connectivity index (χ0v) is 10.4. The molecule has 0 saturated carbocycles. The first-order valence-electron chi connectivity index (χ1n) is 3.42. The molecule has 0 heterocycles. The quantitative estimate of drug-likeness (QED) is 0.567. The van der Waals surface area contributed by atoms with E-state index >= 15 is 0 Å². The number of alkyl halides is 4. The number of benzene rings is 1. The van der Waals surface area contributed by atoms with Crippen LogP contribution in [0.15, 0.2) is 29.2 Å². The van der Waals surface area contributed by atoms with E-state index < -0.39 is 5.76 Å². The molecule has 5 heteroatoms. The summed E-state index contributed by atoms with van der Waals surface area (Å²) < 4.78 is 23.9. The van der Waals surface area contributed by atoms with Crippen LogP contribution in [0.2, 0.25) is 0 Å². The molecule has 0 aliphatic carbocycles. The van der Waals surface area contributed by atoms with Gasteiger partial charge in [-0.25, -0.2) is 0 Å². The molecule has 0 aliphatic rings. The average Bonchev–Trinajstić information content (AvgIpc) is 2.04. The van der Waals surface area contributed by atoms with Crippen LogP contribution in [0.25, 0.3) is 0 Å². The van der Waals surface area contributed by atoms with Gasteiger partial charge in [0.1, 0.15) is 0 Å². The van der Waals surface area contributed by atoms with Crippen LogP contribution in [0, 0.1) is 0 Å². The fraction of sp³-hybridized carbons (Fsp3) is 0.250. The summed E-state index contributed by atoms with van der Waals surface area (Å²) in [7, 11) is 0. The van der Waals surface area contributed by atoms with Crippen LogP contribution in [0.3, 0.4) is 0 Å². The van der Waals surface area contributed by atoms with Crippen molar-refractivity contribution in [2.45, 2.75) is 14.4 Å². The van der Waals surface area contributed by atoms with E-state index in [-0.39, 0.29) is 3.74 Å². The van der Waals surface area contributed by atoms with Gasteiger partial charge in [-0.05, 0) is 17.7 Å². The molecule has 1 aromatic carbocycles. The Morgan fingerprint density at radius 1 is 1.08 bits per heavy atom. The molecule has 0 aromatic heterocycles. The minimum Gasteiger partial charge on any atom is -0.198 e. The van der Waals surface area contributed by atoms with Crippen molar-refractivity contribution in [2.75, 3.05) is 0 Å². The van der Waals surface area contributed by atoms with Gasteiger partial charge in [-0.2, -0.15) is 8.78 Å². The third kappa shape index (κ3) is 3.95. The van der Waals surface area contributed by atoms with Gasteiger partial charge in [0.15, 0.2) is 0 Å². The van der Waals surface area contributed by atoms with E-state index in [1.165, 1.54) is 0 Å². The van der Waals surface area contributed by atoms with Crippen molar-refractivity contribution < 1.29 is 8.78 Å². The van der Waals surface area contributed by atoms with Gasteiger partial charge in [-0.1, -0.05) is 55.8 Å². The molecule has 0 spiro atoms. The summed E-state index contributed by atoms with van der Waals surface area (Å²) in [5, 5.41) is 0. The molecule has 1 aromatic rings. The molecular formula is C8H6Br2F2S.